The van der Waals surface area contributed by atoms with E-state index >= 15 is 0 Å². The van der Waals surface area contributed by atoms with E-state index in [0.29, 0.717) is 34.7 Å². The summed E-state index contributed by atoms with van der Waals surface area (Å²) in [4.78, 5) is 12.8. The monoisotopic (exact) mass is 420 g/mol. The van der Waals surface area contributed by atoms with Crippen LogP contribution in [0.2, 0.25) is 0 Å². The predicted molar refractivity (Wildman–Crippen MR) is 114 cm³/mol. The highest BCUT2D eigenvalue weighted by Gasteiger charge is 2.19. The van der Waals surface area contributed by atoms with E-state index in [4.69, 9.17) is 9.47 Å². The topological polar surface area (TPSA) is 84.9 Å². The van der Waals surface area contributed by atoms with Crippen LogP contribution in [-0.2, 0) is 10.0 Å². The second kappa shape index (κ2) is 9.17. The second-order valence-corrected chi connectivity index (χ2v) is 8.79. The molecule has 0 aromatic heterocycles. The molecule has 29 heavy (non-hydrogen) atoms. The zero-order valence-corrected chi connectivity index (χ0v) is 18.5. The van der Waals surface area contributed by atoms with Crippen molar-refractivity contribution in [1.29, 1.82) is 0 Å². The quantitative estimate of drug-likeness (QED) is 0.708. The summed E-state index contributed by atoms with van der Waals surface area (Å²) in [6.07, 6.45) is 1.83. The lowest BCUT2D eigenvalue weighted by Gasteiger charge is -2.21. The number of carbonyl (C=O) groups excluding carboxylic acids is 1. The van der Waals surface area contributed by atoms with Crippen molar-refractivity contribution < 1.29 is 22.7 Å². The lowest BCUT2D eigenvalue weighted by Crippen LogP contribution is -2.29. The number of nitrogens with zero attached hydrogens (tertiary/aromatic N) is 1. The van der Waals surface area contributed by atoms with Crippen LogP contribution in [0, 0.1) is 6.92 Å². The van der Waals surface area contributed by atoms with Crippen LogP contribution in [0.3, 0.4) is 0 Å². The molecular weight excluding hydrogens is 392 g/mol. The fourth-order valence-electron chi connectivity index (χ4n) is 3.06. The average Bonchev–Trinajstić information content (AvgIpc) is 2.69. The van der Waals surface area contributed by atoms with E-state index in [-0.39, 0.29) is 11.9 Å². The van der Waals surface area contributed by atoms with Gasteiger partial charge in [-0.05, 0) is 54.8 Å². The molecule has 0 aliphatic rings. The first-order valence-electron chi connectivity index (χ1n) is 9.19. The van der Waals surface area contributed by atoms with Crippen molar-refractivity contribution in [1.82, 2.24) is 5.32 Å². The number of sulfonamides is 1. The Morgan fingerprint density at radius 2 is 1.76 bits per heavy atom. The number of hydrogen-bond acceptors (Lipinski definition) is 5. The average molecular weight is 421 g/mol. The first kappa shape index (κ1) is 22.5. The number of anilines is 1. The van der Waals surface area contributed by atoms with E-state index in [1.165, 1.54) is 11.4 Å². The molecule has 8 heteroatoms. The summed E-state index contributed by atoms with van der Waals surface area (Å²) in [5.74, 6) is 0.989. The fourth-order valence-corrected chi connectivity index (χ4v) is 3.62. The van der Waals surface area contributed by atoms with Crippen LogP contribution < -0.4 is 19.1 Å². The molecular formula is C21H28N2O5S. The van der Waals surface area contributed by atoms with Crippen molar-refractivity contribution in [3.63, 3.8) is 0 Å². The van der Waals surface area contributed by atoms with Crippen molar-refractivity contribution in [2.75, 3.05) is 31.8 Å². The van der Waals surface area contributed by atoms with Crippen LogP contribution in [0.15, 0.2) is 36.4 Å². The molecule has 0 aliphatic heterocycles. The Balaban J connectivity index is 2.25. The minimum absolute atomic E-state index is 0.207. The SMILES string of the molecule is CC[C@@H](NC(=O)c1ccc(N(C)S(C)(=O)=O)c(C)c1)c1ccc(OC)c(OC)c1. The van der Waals surface area contributed by atoms with Crippen LogP contribution in [-0.4, -0.2) is 41.8 Å². The third-order valence-electron chi connectivity index (χ3n) is 4.82. The van der Waals surface area contributed by atoms with Crippen LogP contribution >= 0.6 is 0 Å². The van der Waals surface area contributed by atoms with E-state index in [2.05, 4.69) is 5.32 Å². The van der Waals surface area contributed by atoms with Crippen LogP contribution in [0.4, 0.5) is 5.69 Å². The van der Waals surface area contributed by atoms with Crippen molar-refractivity contribution in [2.45, 2.75) is 26.3 Å². The van der Waals surface area contributed by atoms with Crippen molar-refractivity contribution in [2.24, 2.45) is 0 Å². The molecule has 2 rings (SSSR count). The van der Waals surface area contributed by atoms with E-state index in [1.807, 2.05) is 25.1 Å². The molecule has 7 nitrogen and oxygen atoms in total. The Morgan fingerprint density at radius 1 is 1.10 bits per heavy atom. The van der Waals surface area contributed by atoms with Crippen molar-refractivity contribution >= 4 is 21.6 Å². The zero-order valence-electron chi connectivity index (χ0n) is 17.6. The van der Waals surface area contributed by atoms with E-state index < -0.39 is 10.0 Å². The molecule has 0 saturated heterocycles. The first-order valence-corrected chi connectivity index (χ1v) is 11.0. The first-order chi connectivity index (χ1) is 13.6. The predicted octanol–water partition coefficient (Wildman–Crippen LogP) is 3.29. The van der Waals surface area contributed by atoms with Crippen molar-refractivity contribution in [3.8, 4) is 11.5 Å². The third-order valence-corrected chi connectivity index (χ3v) is 6.01. The lowest BCUT2D eigenvalue weighted by molar-refractivity contribution is 0.0935. The molecule has 0 heterocycles. The summed E-state index contributed by atoms with van der Waals surface area (Å²) in [6, 6.07) is 10.3. The highest BCUT2D eigenvalue weighted by atomic mass is 32.2. The number of ether oxygens (including phenoxy) is 2. The maximum Gasteiger partial charge on any atom is 0.251 e. The molecule has 0 spiro atoms. The molecule has 0 saturated carbocycles. The molecule has 0 aliphatic carbocycles. The largest absolute Gasteiger partial charge is 0.493 e. The number of aryl methyl sites for hydroxylation is 1. The molecule has 0 radical (unpaired) electrons. The Morgan fingerprint density at radius 3 is 2.28 bits per heavy atom. The van der Waals surface area contributed by atoms with Gasteiger partial charge in [0.15, 0.2) is 11.5 Å². The molecule has 1 atom stereocenters. The minimum atomic E-state index is -3.37. The number of hydrogen-bond donors (Lipinski definition) is 1. The Kier molecular flexibility index (Phi) is 7.13. The van der Waals surface area contributed by atoms with Gasteiger partial charge in [-0.2, -0.15) is 0 Å². The van der Waals surface area contributed by atoms with Gasteiger partial charge in [0.2, 0.25) is 10.0 Å². The maximum absolute atomic E-state index is 12.8. The Hall–Kier alpha value is -2.74. The zero-order chi connectivity index (χ0) is 21.8. The summed E-state index contributed by atoms with van der Waals surface area (Å²) in [5, 5.41) is 3.03. The normalized spacial score (nSPS) is 12.2. The van der Waals surface area contributed by atoms with Gasteiger partial charge in [0.25, 0.3) is 5.91 Å². The molecule has 0 unspecified atom stereocenters. The third kappa shape index (κ3) is 5.20. The highest BCUT2D eigenvalue weighted by Crippen LogP contribution is 2.31. The van der Waals surface area contributed by atoms with Crippen LogP contribution in [0.25, 0.3) is 0 Å². The Labute approximate surface area is 172 Å². The van der Waals surface area contributed by atoms with Gasteiger partial charge >= 0.3 is 0 Å². The van der Waals surface area contributed by atoms with Gasteiger partial charge in [-0.15, -0.1) is 0 Å². The number of nitrogens with one attached hydrogen (secondary N) is 1. The van der Waals surface area contributed by atoms with Gasteiger partial charge in [0.05, 0.1) is 32.2 Å². The van der Waals surface area contributed by atoms with E-state index in [9.17, 15) is 13.2 Å². The van der Waals surface area contributed by atoms with Gasteiger partial charge < -0.3 is 14.8 Å². The van der Waals surface area contributed by atoms with Crippen molar-refractivity contribution in [3.05, 3.63) is 53.1 Å². The minimum Gasteiger partial charge on any atom is -0.493 e. The Bertz CT molecular complexity index is 989. The standard InChI is InChI=1S/C21H28N2O5S/c1-7-17(15-9-11-19(27-4)20(13-15)28-5)22-21(24)16-8-10-18(14(2)12-16)23(3)29(6,25)26/h8-13,17H,7H2,1-6H3,(H,22,24)/t17-/m1/s1. The summed E-state index contributed by atoms with van der Waals surface area (Å²) >= 11 is 0. The van der Waals surface area contributed by atoms with Crippen LogP contribution in [0.1, 0.15) is 40.9 Å². The summed E-state index contributed by atoms with van der Waals surface area (Å²) < 4.78 is 35.3. The fraction of sp³-hybridized carbons (Fsp3) is 0.381. The number of methoxy groups -OCH3 is 2. The summed E-state index contributed by atoms with van der Waals surface area (Å²) in [5.41, 5.74) is 2.61. The highest BCUT2D eigenvalue weighted by molar-refractivity contribution is 7.92. The molecule has 2 aromatic carbocycles. The lowest BCUT2D eigenvalue weighted by atomic mass is 10.0. The molecule has 0 fully saturated rings. The summed E-state index contributed by atoms with van der Waals surface area (Å²) in [6.45, 7) is 3.76. The molecule has 1 amide bonds. The van der Waals surface area contributed by atoms with Crippen LogP contribution in [0.5, 0.6) is 11.5 Å². The smallest absolute Gasteiger partial charge is 0.251 e. The van der Waals surface area contributed by atoms with Gasteiger partial charge in [-0.25, -0.2) is 8.42 Å². The second-order valence-electron chi connectivity index (χ2n) is 6.78. The molecule has 0 bridgehead atoms. The summed E-state index contributed by atoms with van der Waals surface area (Å²) in [7, 11) is 1.26. The van der Waals surface area contributed by atoms with Gasteiger partial charge in [-0.3, -0.25) is 9.10 Å². The number of benzene rings is 2. The van der Waals surface area contributed by atoms with Gasteiger partial charge in [0.1, 0.15) is 0 Å². The van der Waals surface area contributed by atoms with E-state index in [1.54, 1.807) is 39.3 Å². The number of rotatable bonds is 8. The maximum atomic E-state index is 12.8. The number of carbonyl (C=O) groups is 1. The molecule has 1 N–H and O–H groups in total. The van der Waals surface area contributed by atoms with E-state index in [0.717, 1.165) is 11.8 Å². The van der Waals surface area contributed by atoms with Gasteiger partial charge in [0, 0.05) is 12.6 Å². The number of amides is 1. The molecule has 158 valence electrons. The van der Waals surface area contributed by atoms with Gasteiger partial charge in [-0.1, -0.05) is 13.0 Å². The molecule has 2 aromatic rings.